The molecule has 0 aliphatic carbocycles. The number of hydrogen-bond acceptors (Lipinski definition) is 7. The first kappa shape index (κ1) is 22.3. The van der Waals surface area contributed by atoms with Gasteiger partial charge in [-0.05, 0) is 13.5 Å². The van der Waals surface area contributed by atoms with Crippen molar-refractivity contribution >= 4 is 23.4 Å². The van der Waals surface area contributed by atoms with E-state index in [-0.39, 0.29) is 49.1 Å². The summed E-state index contributed by atoms with van der Waals surface area (Å²) in [5.74, 6) is 0. The Labute approximate surface area is 157 Å². The molecule has 12 heteroatoms. The molecule has 3 unspecified atom stereocenters. The lowest BCUT2D eigenvalue weighted by Gasteiger charge is -2.27. The molecular formula is C14H31B2N2O7P. The fourth-order valence-corrected chi connectivity index (χ4v) is 5.07. The highest BCUT2D eigenvalue weighted by Crippen LogP contribution is 2.41. The summed E-state index contributed by atoms with van der Waals surface area (Å²) in [5, 5.41) is 5.84. The van der Waals surface area contributed by atoms with Crippen LogP contribution in [0.1, 0.15) is 13.3 Å². The minimum absolute atomic E-state index is 0.0337. The van der Waals surface area contributed by atoms with Crippen LogP contribution in [-0.4, -0.2) is 97.0 Å². The lowest BCUT2D eigenvalue weighted by molar-refractivity contribution is 0.0227. The average Bonchev–Trinajstić information content (AvgIpc) is 3.07. The molecular weight excluding hydrogens is 361 g/mol. The van der Waals surface area contributed by atoms with E-state index in [2.05, 4.69) is 10.4 Å². The largest absolute Gasteiger partial charge is 0.403 e. The molecule has 2 aliphatic heterocycles. The molecule has 2 aliphatic rings. The second-order valence-corrected chi connectivity index (χ2v) is 8.41. The summed E-state index contributed by atoms with van der Waals surface area (Å²) in [7, 11) is 4.71. The van der Waals surface area contributed by atoms with Crippen molar-refractivity contribution in [1.82, 2.24) is 10.4 Å². The minimum Gasteiger partial charge on any atom is -0.380 e. The molecule has 0 aromatic heterocycles. The van der Waals surface area contributed by atoms with Gasteiger partial charge in [-0.25, -0.2) is 9.65 Å². The van der Waals surface area contributed by atoms with Crippen LogP contribution in [0.2, 0.25) is 0 Å². The van der Waals surface area contributed by atoms with Crippen LogP contribution in [-0.2, 0) is 28.0 Å². The molecule has 0 amide bonds. The molecule has 0 radical (unpaired) electrons. The van der Waals surface area contributed by atoms with Crippen LogP contribution in [0.25, 0.3) is 0 Å². The van der Waals surface area contributed by atoms with Gasteiger partial charge < -0.3 is 29.2 Å². The van der Waals surface area contributed by atoms with Gasteiger partial charge in [-0.3, -0.25) is 4.52 Å². The summed E-state index contributed by atoms with van der Waals surface area (Å²) in [5.41, 5.74) is 0. The maximum Gasteiger partial charge on any atom is 0.403 e. The van der Waals surface area contributed by atoms with Crippen molar-refractivity contribution in [1.29, 1.82) is 0 Å². The number of hydrogen-bond donors (Lipinski definition) is 3. The molecule has 2 rings (SSSR count). The van der Waals surface area contributed by atoms with Crippen molar-refractivity contribution in [2.75, 3.05) is 27.9 Å². The second kappa shape index (κ2) is 9.49. The molecule has 0 saturated carbocycles. The summed E-state index contributed by atoms with van der Waals surface area (Å²) < 4.78 is 40.4. The Balaban J connectivity index is 1.97. The molecule has 0 aromatic rings. The quantitative estimate of drug-likeness (QED) is 0.298. The first-order valence-electron chi connectivity index (χ1n) is 9.06. The highest BCUT2D eigenvalue weighted by Gasteiger charge is 2.46. The predicted molar refractivity (Wildman–Crippen MR) is 102 cm³/mol. The SMILES string of the molecule is B[C@@H]1O[C@H](COP(=O)(O)NC2[C@@H](CC)O[C@@H](B)[C@H]2OC)C(NC)[C@@H]1OC. The zero-order valence-corrected chi connectivity index (χ0v) is 17.3. The highest BCUT2D eigenvalue weighted by molar-refractivity contribution is 7.50. The third-order valence-corrected chi connectivity index (χ3v) is 6.34. The number of likely N-dealkylation sites (N-methyl/N-ethyl adjacent to an activating group) is 1. The van der Waals surface area contributed by atoms with Crippen LogP contribution in [0.4, 0.5) is 0 Å². The van der Waals surface area contributed by atoms with Crippen LogP contribution in [0.5, 0.6) is 0 Å². The molecule has 2 saturated heterocycles. The lowest BCUT2D eigenvalue weighted by Crippen LogP contribution is -2.46. The lowest BCUT2D eigenvalue weighted by atomic mass is 9.92. The summed E-state index contributed by atoms with van der Waals surface area (Å²) in [6, 6.07) is -0.855. The molecule has 0 aromatic carbocycles. The number of ether oxygens (including phenoxy) is 4. The van der Waals surface area contributed by atoms with Gasteiger partial charge in [0.2, 0.25) is 0 Å². The number of methoxy groups -OCH3 is 2. The van der Waals surface area contributed by atoms with Gasteiger partial charge in [0.1, 0.15) is 15.7 Å². The molecule has 9 nitrogen and oxygen atoms in total. The fraction of sp³-hybridized carbons (Fsp3) is 1.00. The maximum absolute atomic E-state index is 12.6. The van der Waals surface area contributed by atoms with Gasteiger partial charge in [-0.1, -0.05) is 6.92 Å². The van der Waals surface area contributed by atoms with E-state index in [0.29, 0.717) is 6.42 Å². The van der Waals surface area contributed by atoms with E-state index in [1.54, 1.807) is 21.3 Å². The standard InChI is InChI=1S/C14H31B2N2O7P/c1-5-7-10(12(22-4)14(16)24-7)18-26(19,20)23-6-8-9(17-2)11(21-3)13(15)25-8/h7-14,17H,5-6,15-16H2,1-4H3,(H2,18,19,20)/t7-,8-,9?,10?,11+,12+,13-,14-/m1/s1. The maximum atomic E-state index is 12.6. The first-order chi connectivity index (χ1) is 12.3. The fourth-order valence-electron chi connectivity index (χ4n) is 3.96. The van der Waals surface area contributed by atoms with Gasteiger partial charge in [0.15, 0.2) is 0 Å². The van der Waals surface area contributed by atoms with E-state index in [1.165, 1.54) is 0 Å². The van der Waals surface area contributed by atoms with Gasteiger partial charge in [0.05, 0.1) is 55.1 Å². The molecule has 26 heavy (non-hydrogen) atoms. The zero-order chi connectivity index (χ0) is 19.5. The molecule has 0 bridgehead atoms. The van der Waals surface area contributed by atoms with Crippen LogP contribution in [0, 0.1) is 0 Å². The van der Waals surface area contributed by atoms with Crippen molar-refractivity contribution in [3.05, 3.63) is 0 Å². The van der Waals surface area contributed by atoms with Crippen LogP contribution < -0.4 is 10.4 Å². The summed E-state index contributed by atoms with van der Waals surface area (Å²) >= 11 is 0. The van der Waals surface area contributed by atoms with Crippen molar-refractivity contribution < 1.29 is 32.9 Å². The van der Waals surface area contributed by atoms with Crippen LogP contribution in [0.15, 0.2) is 0 Å². The van der Waals surface area contributed by atoms with Gasteiger partial charge in [-0.15, -0.1) is 0 Å². The smallest absolute Gasteiger partial charge is 0.380 e. The zero-order valence-electron chi connectivity index (χ0n) is 16.4. The van der Waals surface area contributed by atoms with Gasteiger partial charge in [0.25, 0.3) is 0 Å². The molecule has 0 spiro atoms. The molecule has 2 heterocycles. The van der Waals surface area contributed by atoms with E-state index < -0.39 is 13.8 Å². The first-order valence-corrected chi connectivity index (χ1v) is 10.6. The third-order valence-electron chi connectivity index (χ3n) is 5.22. The van der Waals surface area contributed by atoms with Crippen molar-refractivity contribution in [2.45, 2.75) is 61.9 Å². The Bertz CT molecular complexity index is 506. The molecule has 9 atom stereocenters. The van der Waals surface area contributed by atoms with Crippen molar-refractivity contribution in [2.24, 2.45) is 0 Å². The minimum atomic E-state index is -4.07. The van der Waals surface area contributed by atoms with Gasteiger partial charge in [-0.2, -0.15) is 0 Å². The Hall–Kier alpha value is 0.0399. The van der Waals surface area contributed by atoms with Crippen molar-refractivity contribution in [3.8, 4) is 0 Å². The van der Waals surface area contributed by atoms with E-state index >= 15 is 0 Å². The van der Waals surface area contributed by atoms with Gasteiger partial charge >= 0.3 is 7.75 Å². The van der Waals surface area contributed by atoms with Gasteiger partial charge in [0, 0.05) is 14.2 Å². The number of nitrogens with one attached hydrogen (secondary N) is 2. The Kier molecular flexibility index (Phi) is 8.15. The number of rotatable bonds is 9. The Morgan fingerprint density at radius 2 is 1.62 bits per heavy atom. The molecule has 2 fully saturated rings. The van der Waals surface area contributed by atoms with Crippen LogP contribution >= 0.6 is 7.75 Å². The van der Waals surface area contributed by atoms with Crippen LogP contribution in [0.3, 0.4) is 0 Å². The summed E-state index contributed by atoms with van der Waals surface area (Å²) in [6.07, 6.45) is -0.380. The Morgan fingerprint density at radius 3 is 2.12 bits per heavy atom. The van der Waals surface area contributed by atoms with Crippen molar-refractivity contribution in [3.63, 3.8) is 0 Å². The topological polar surface area (TPSA) is 108 Å². The Morgan fingerprint density at radius 1 is 1.08 bits per heavy atom. The summed E-state index contributed by atoms with van der Waals surface area (Å²) in [4.78, 5) is 10.3. The molecule has 3 N–H and O–H groups in total. The third kappa shape index (κ3) is 4.90. The van der Waals surface area contributed by atoms with E-state index in [4.69, 9.17) is 23.5 Å². The van der Waals surface area contributed by atoms with E-state index in [1.807, 2.05) is 22.6 Å². The average molecular weight is 392 g/mol. The highest BCUT2D eigenvalue weighted by atomic mass is 31.2. The predicted octanol–water partition coefficient (Wildman–Crippen LogP) is -2.19. The van der Waals surface area contributed by atoms with E-state index in [0.717, 1.165) is 0 Å². The molecule has 150 valence electrons. The second-order valence-electron chi connectivity index (χ2n) is 6.85. The van der Waals surface area contributed by atoms with E-state index in [9.17, 15) is 9.46 Å². The monoisotopic (exact) mass is 392 g/mol. The normalized spacial score (nSPS) is 42.8. The summed E-state index contributed by atoms with van der Waals surface area (Å²) in [6.45, 7) is 1.93.